The molecule has 0 unspecified atom stereocenters. The second kappa shape index (κ2) is 3.28. The van der Waals surface area contributed by atoms with Crippen LogP contribution >= 0.6 is 23.2 Å². The van der Waals surface area contributed by atoms with E-state index in [4.69, 9.17) is 23.2 Å². The summed E-state index contributed by atoms with van der Waals surface area (Å²) in [5.41, 5.74) is 0.455. The molecule has 0 radical (unpaired) electrons. The van der Waals surface area contributed by atoms with E-state index in [9.17, 15) is 4.79 Å². The first kappa shape index (κ1) is 8.97. The summed E-state index contributed by atoms with van der Waals surface area (Å²) in [5, 5.41) is 0.703. The van der Waals surface area contributed by atoms with Crippen LogP contribution in [0, 0.1) is 5.92 Å². The number of ketones is 1. The van der Waals surface area contributed by atoms with Crippen molar-refractivity contribution in [1.82, 2.24) is 4.98 Å². The average molecular weight is 216 g/mol. The molecule has 0 N–H and O–H groups in total. The van der Waals surface area contributed by atoms with Crippen LogP contribution < -0.4 is 0 Å². The number of carbonyl (C=O) groups is 1. The molecule has 0 aromatic carbocycles. The fourth-order valence-electron chi connectivity index (χ4n) is 1.16. The molecule has 13 heavy (non-hydrogen) atoms. The summed E-state index contributed by atoms with van der Waals surface area (Å²) >= 11 is 11.5. The Labute approximate surface area is 85.9 Å². The molecule has 0 bridgehead atoms. The van der Waals surface area contributed by atoms with Gasteiger partial charge >= 0.3 is 0 Å². The molecular weight excluding hydrogens is 209 g/mol. The van der Waals surface area contributed by atoms with E-state index in [1.165, 1.54) is 6.20 Å². The van der Waals surface area contributed by atoms with Crippen molar-refractivity contribution in [1.29, 1.82) is 0 Å². The lowest BCUT2D eigenvalue weighted by molar-refractivity contribution is 0.0967. The first-order chi connectivity index (χ1) is 6.18. The minimum absolute atomic E-state index is 0.0694. The Kier molecular flexibility index (Phi) is 2.26. The van der Waals surface area contributed by atoms with E-state index in [0.29, 0.717) is 10.6 Å². The lowest BCUT2D eigenvalue weighted by Gasteiger charge is -2.00. The molecule has 1 aliphatic rings. The van der Waals surface area contributed by atoms with Gasteiger partial charge < -0.3 is 0 Å². The summed E-state index contributed by atoms with van der Waals surface area (Å²) in [5.74, 6) is 0.220. The molecule has 0 aliphatic heterocycles. The second-order valence-electron chi connectivity index (χ2n) is 3.13. The number of pyridine rings is 1. The minimum Gasteiger partial charge on any atom is -0.294 e. The maximum Gasteiger partial charge on any atom is 0.169 e. The highest BCUT2D eigenvalue weighted by molar-refractivity contribution is 6.34. The summed E-state index contributed by atoms with van der Waals surface area (Å²) in [7, 11) is 0. The van der Waals surface area contributed by atoms with E-state index < -0.39 is 0 Å². The zero-order valence-corrected chi connectivity index (χ0v) is 8.27. The van der Waals surface area contributed by atoms with Crippen LogP contribution in [0.1, 0.15) is 23.2 Å². The van der Waals surface area contributed by atoms with Crippen molar-refractivity contribution in [2.45, 2.75) is 12.8 Å². The molecule has 1 fully saturated rings. The van der Waals surface area contributed by atoms with Crippen LogP contribution in [0.4, 0.5) is 0 Å². The van der Waals surface area contributed by atoms with Crippen molar-refractivity contribution in [2.24, 2.45) is 5.92 Å². The fourth-order valence-corrected chi connectivity index (χ4v) is 1.52. The van der Waals surface area contributed by atoms with Gasteiger partial charge in [0.1, 0.15) is 5.15 Å². The molecule has 0 atom stereocenters. The normalized spacial score (nSPS) is 15.8. The number of hydrogen-bond acceptors (Lipinski definition) is 2. The fraction of sp³-hybridized carbons (Fsp3) is 0.333. The van der Waals surface area contributed by atoms with Gasteiger partial charge in [-0.05, 0) is 18.9 Å². The van der Waals surface area contributed by atoms with Gasteiger partial charge in [-0.15, -0.1) is 0 Å². The average Bonchev–Trinajstić information content (AvgIpc) is 2.91. The quantitative estimate of drug-likeness (QED) is 0.561. The third-order valence-electron chi connectivity index (χ3n) is 2.02. The number of rotatable bonds is 2. The first-order valence-corrected chi connectivity index (χ1v) is 4.79. The predicted octanol–water partition coefficient (Wildman–Crippen LogP) is 2.98. The summed E-state index contributed by atoms with van der Waals surface area (Å²) in [6.45, 7) is 0. The maximum absolute atomic E-state index is 11.6. The molecule has 2 rings (SSSR count). The molecule has 1 aliphatic carbocycles. The SMILES string of the molecule is O=C(c1cc(Cl)cnc1Cl)C1CC1. The van der Waals surface area contributed by atoms with Gasteiger partial charge in [-0.3, -0.25) is 4.79 Å². The monoisotopic (exact) mass is 215 g/mol. The third kappa shape index (κ3) is 1.84. The molecule has 0 amide bonds. The van der Waals surface area contributed by atoms with Crippen molar-refractivity contribution in [3.05, 3.63) is 28.0 Å². The molecule has 2 nitrogen and oxygen atoms in total. The summed E-state index contributed by atoms with van der Waals surface area (Å²) in [6, 6.07) is 1.58. The van der Waals surface area contributed by atoms with Crippen LogP contribution in [0.2, 0.25) is 10.2 Å². The number of carbonyl (C=O) groups excluding carboxylic acids is 1. The Hall–Kier alpha value is -0.600. The van der Waals surface area contributed by atoms with E-state index in [2.05, 4.69) is 4.98 Å². The standard InChI is InChI=1S/C9H7Cl2NO/c10-6-3-7(9(11)12-4-6)8(13)5-1-2-5/h3-5H,1-2H2. The van der Waals surface area contributed by atoms with E-state index >= 15 is 0 Å². The second-order valence-corrected chi connectivity index (χ2v) is 3.92. The smallest absolute Gasteiger partial charge is 0.169 e. The van der Waals surface area contributed by atoms with Crippen LogP contribution in [-0.4, -0.2) is 10.8 Å². The minimum atomic E-state index is 0.0694. The molecule has 0 spiro atoms. The zero-order chi connectivity index (χ0) is 9.42. The van der Waals surface area contributed by atoms with Gasteiger partial charge in [-0.1, -0.05) is 23.2 Å². The van der Waals surface area contributed by atoms with Gasteiger partial charge in [0, 0.05) is 12.1 Å². The molecule has 68 valence electrons. The zero-order valence-electron chi connectivity index (χ0n) is 6.76. The predicted molar refractivity (Wildman–Crippen MR) is 51.3 cm³/mol. The highest BCUT2D eigenvalue weighted by Crippen LogP contribution is 2.34. The number of Topliss-reactive ketones (excluding diaryl/α,β-unsaturated/α-hetero) is 1. The Bertz CT molecular complexity index is 361. The van der Waals surface area contributed by atoms with Gasteiger partial charge in [0.2, 0.25) is 0 Å². The number of nitrogens with zero attached hydrogens (tertiary/aromatic N) is 1. The van der Waals surface area contributed by atoms with E-state index in [1.807, 2.05) is 0 Å². The van der Waals surface area contributed by atoms with Gasteiger partial charge in [0.05, 0.1) is 10.6 Å². The lowest BCUT2D eigenvalue weighted by atomic mass is 10.1. The molecule has 0 saturated heterocycles. The van der Waals surface area contributed by atoms with Crippen molar-refractivity contribution in [3.63, 3.8) is 0 Å². The van der Waals surface area contributed by atoms with Crippen molar-refractivity contribution >= 4 is 29.0 Å². The Morgan fingerprint density at radius 3 is 2.77 bits per heavy atom. The van der Waals surface area contributed by atoms with Crippen LogP contribution in [0.15, 0.2) is 12.3 Å². The number of halogens is 2. The van der Waals surface area contributed by atoms with Gasteiger partial charge in [0.15, 0.2) is 5.78 Å². The van der Waals surface area contributed by atoms with Gasteiger partial charge in [0.25, 0.3) is 0 Å². The first-order valence-electron chi connectivity index (χ1n) is 4.04. The van der Waals surface area contributed by atoms with Gasteiger partial charge in [-0.2, -0.15) is 0 Å². The summed E-state index contributed by atoms with van der Waals surface area (Å²) in [6.07, 6.45) is 3.36. The Morgan fingerprint density at radius 1 is 1.46 bits per heavy atom. The molecule has 1 aromatic rings. The van der Waals surface area contributed by atoms with Crippen LogP contribution in [0.5, 0.6) is 0 Å². The topological polar surface area (TPSA) is 30.0 Å². The largest absolute Gasteiger partial charge is 0.294 e. The number of hydrogen-bond donors (Lipinski definition) is 0. The number of aromatic nitrogens is 1. The van der Waals surface area contributed by atoms with Crippen molar-refractivity contribution in [2.75, 3.05) is 0 Å². The van der Waals surface area contributed by atoms with E-state index in [0.717, 1.165) is 12.8 Å². The van der Waals surface area contributed by atoms with Crippen molar-refractivity contribution in [3.8, 4) is 0 Å². The molecular formula is C9H7Cl2NO. The molecule has 4 heteroatoms. The third-order valence-corrected chi connectivity index (χ3v) is 2.53. The van der Waals surface area contributed by atoms with Crippen molar-refractivity contribution < 1.29 is 4.79 Å². The highest BCUT2D eigenvalue weighted by Gasteiger charge is 2.31. The summed E-state index contributed by atoms with van der Waals surface area (Å²) in [4.78, 5) is 15.4. The Balaban J connectivity index is 2.37. The van der Waals surface area contributed by atoms with Gasteiger partial charge in [-0.25, -0.2) is 4.98 Å². The van der Waals surface area contributed by atoms with Crippen LogP contribution in [-0.2, 0) is 0 Å². The van der Waals surface area contributed by atoms with Crippen LogP contribution in [0.3, 0.4) is 0 Å². The van der Waals surface area contributed by atoms with E-state index in [1.54, 1.807) is 6.07 Å². The maximum atomic E-state index is 11.6. The van der Waals surface area contributed by atoms with Crippen LogP contribution in [0.25, 0.3) is 0 Å². The summed E-state index contributed by atoms with van der Waals surface area (Å²) < 4.78 is 0. The molecule has 1 saturated carbocycles. The lowest BCUT2D eigenvalue weighted by Crippen LogP contribution is -2.03. The molecule has 1 heterocycles. The Morgan fingerprint density at radius 2 is 2.15 bits per heavy atom. The highest BCUT2D eigenvalue weighted by atomic mass is 35.5. The molecule has 1 aromatic heterocycles. The van der Waals surface area contributed by atoms with E-state index in [-0.39, 0.29) is 16.9 Å².